The minimum Gasteiger partial charge on any atom is -0.350 e. The van der Waals surface area contributed by atoms with E-state index in [1.807, 2.05) is 0 Å². The van der Waals surface area contributed by atoms with Crippen LogP contribution in [0.2, 0.25) is 0 Å². The van der Waals surface area contributed by atoms with Crippen LogP contribution in [0.3, 0.4) is 0 Å². The van der Waals surface area contributed by atoms with Gasteiger partial charge in [-0.3, -0.25) is 0 Å². The maximum atomic E-state index is 11.1. The first-order valence-electron chi connectivity index (χ1n) is 4.75. The normalized spacial score (nSPS) is 36.8. The summed E-state index contributed by atoms with van der Waals surface area (Å²) in [7, 11) is 0. The van der Waals surface area contributed by atoms with Gasteiger partial charge in [0.1, 0.15) is 6.10 Å². The standard InChI is InChI=1S/C9H15O3/c10-8-4-5-11-9(8)12-6-7-2-1-3-7/h7-9H,1-6H2. The third-order valence-electron chi connectivity index (χ3n) is 2.71. The lowest BCUT2D eigenvalue weighted by atomic mass is 9.86. The lowest BCUT2D eigenvalue weighted by molar-refractivity contribution is -0.173. The maximum Gasteiger partial charge on any atom is 0.186 e. The van der Waals surface area contributed by atoms with Crippen LogP contribution in [0.4, 0.5) is 0 Å². The number of rotatable bonds is 3. The average Bonchev–Trinajstić information content (AvgIpc) is 2.33. The molecule has 0 bridgehead atoms. The van der Waals surface area contributed by atoms with Gasteiger partial charge in [-0.1, -0.05) is 6.42 Å². The van der Waals surface area contributed by atoms with Crippen molar-refractivity contribution in [2.45, 2.75) is 38.1 Å². The highest BCUT2D eigenvalue weighted by Gasteiger charge is 2.30. The molecule has 0 amide bonds. The van der Waals surface area contributed by atoms with Crippen molar-refractivity contribution in [3.8, 4) is 0 Å². The van der Waals surface area contributed by atoms with Crippen molar-refractivity contribution in [3.63, 3.8) is 0 Å². The van der Waals surface area contributed by atoms with Gasteiger partial charge in [-0.05, 0) is 18.8 Å². The molecule has 2 atom stereocenters. The number of hydrogen-bond donors (Lipinski definition) is 0. The van der Waals surface area contributed by atoms with Gasteiger partial charge in [-0.2, -0.15) is 0 Å². The van der Waals surface area contributed by atoms with Gasteiger partial charge in [0.15, 0.2) is 6.29 Å². The molecule has 2 aliphatic rings. The van der Waals surface area contributed by atoms with Crippen LogP contribution in [0.15, 0.2) is 0 Å². The van der Waals surface area contributed by atoms with Crippen molar-refractivity contribution in [1.82, 2.24) is 0 Å². The molecule has 0 spiro atoms. The molecule has 2 fully saturated rings. The van der Waals surface area contributed by atoms with E-state index in [4.69, 9.17) is 9.47 Å². The summed E-state index contributed by atoms with van der Waals surface area (Å²) in [5.41, 5.74) is 0. The quantitative estimate of drug-likeness (QED) is 0.642. The molecule has 0 aromatic rings. The zero-order valence-corrected chi connectivity index (χ0v) is 7.20. The Hall–Kier alpha value is -0.120. The first-order valence-corrected chi connectivity index (χ1v) is 4.75. The van der Waals surface area contributed by atoms with Crippen LogP contribution in [-0.4, -0.2) is 25.6 Å². The first-order chi connectivity index (χ1) is 5.86. The smallest absolute Gasteiger partial charge is 0.186 e. The monoisotopic (exact) mass is 171 g/mol. The zero-order chi connectivity index (χ0) is 8.39. The molecule has 2 unspecified atom stereocenters. The summed E-state index contributed by atoms with van der Waals surface area (Å²) < 4.78 is 10.5. The molecule has 3 nitrogen and oxygen atoms in total. The van der Waals surface area contributed by atoms with Crippen LogP contribution in [0.1, 0.15) is 25.7 Å². The summed E-state index contributed by atoms with van der Waals surface area (Å²) in [6.07, 6.45) is 3.35. The third kappa shape index (κ3) is 1.79. The van der Waals surface area contributed by atoms with Crippen LogP contribution in [0, 0.1) is 5.92 Å². The molecule has 12 heavy (non-hydrogen) atoms. The molecule has 0 aromatic carbocycles. The van der Waals surface area contributed by atoms with E-state index in [1.165, 1.54) is 19.3 Å². The summed E-state index contributed by atoms with van der Waals surface area (Å²) in [4.78, 5) is 0. The molecule has 1 aliphatic heterocycles. The van der Waals surface area contributed by atoms with Gasteiger partial charge in [-0.15, -0.1) is 0 Å². The van der Waals surface area contributed by atoms with Crippen LogP contribution < -0.4 is 0 Å². The van der Waals surface area contributed by atoms with E-state index in [2.05, 4.69) is 0 Å². The second-order valence-electron chi connectivity index (χ2n) is 3.70. The fourth-order valence-corrected chi connectivity index (χ4v) is 1.59. The van der Waals surface area contributed by atoms with E-state index in [-0.39, 0.29) is 0 Å². The van der Waals surface area contributed by atoms with Gasteiger partial charge in [0.2, 0.25) is 0 Å². The summed E-state index contributed by atoms with van der Waals surface area (Å²) in [5.74, 6) is 0.696. The average molecular weight is 171 g/mol. The highest BCUT2D eigenvalue weighted by Crippen LogP contribution is 2.27. The van der Waals surface area contributed by atoms with E-state index in [0.717, 1.165) is 6.61 Å². The Labute approximate surface area is 72.7 Å². The lowest BCUT2D eigenvalue weighted by Gasteiger charge is -2.26. The molecular formula is C9H15O3. The van der Waals surface area contributed by atoms with Crippen LogP contribution in [0.25, 0.3) is 0 Å². The molecule has 0 aromatic heterocycles. The first kappa shape index (κ1) is 8.48. The Balaban J connectivity index is 1.64. The summed E-state index contributed by atoms with van der Waals surface area (Å²) >= 11 is 0. The highest BCUT2D eigenvalue weighted by molar-refractivity contribution is 4.71. The van der Waals surface area contributed by atoms with E-state index in [1.54, 1.807) is 0 Å². The van der Waals surface area contributed by atoms with Gasteiger partial charge < -0.3 is 9.47 Å². The molecule has 0 N–H and O–H groups in total. The Morgan fingerprint density at radius 3 is 2.67 bits per heavy atom. The summed E-state index contributed by atoms with van der Waals surface area (Å²) in [6, 6.07) is 0. The Morgan fingerprint density at radius 1 is 1.33 bits per heavy atom. The second kappa shape index (κ2) is 3.73. The van der Waals surface area contributed by atoms with Gasteiger partial charge >= 0.3 is 0 Å². The van der Waals surface area contributed by atoms with Gasteiger partial charge in [0, 0.05) is 6.42 Å². The van der Waals surface area contributed by atoms with Crippen molar-refractivity contribution < 1.29 is 14.6 Å². The lowest BCUT2D eigenvalue weighted by Crippen LogP contribution is -2.28. The molecule has 1 aliphatic carbocycles. The van der Waals surface area contributed by atoms with E-state index < -0.39 is 12.4 Å². The number of ether oxygens (including phenoxy) is 2. The van der Waals surface area contributed by atoms with Crippen molar-refractivity contribution in [2.75, 3.05) is 13.2 Å². The topological polar surface area (TPSA) is 38.4 Å². The molecular weight excluding hydrogens is 156 g/mol. The second-order valence-corrected chi connectivity index (χ2v) is 3.70. The van der Waals surface area contributed by atoms with Gasteiger partial charge in [0.05, 0.1) is 13.2 Å². The van der Waals surface area contributed by atoms with Crippen molar-refractivity contribution >= 4 is 0 Å². The fourth-order valence-electron chi connectivity index (χ4n) is 1.59. The SMILES string of the molecule is [O]C1CCOC1OCC1CCC1. The molecule has 2 rings (SSSR count). The Kier molecular flexibility index (Phi) is 2.63. The van der Waals surface area contributed by atoms with E-state index in [9.17, 15) is 5.11 Å². The van der Waals surface area contributed by atoms with Crippen LogP contribution in [0.5, 0.6) is 0 Å². The molecule has 3 heteroatoms. The molecule has 1 radical (unpaired) electrons. The summed E-state index contributed by atoms with van der Waals surface area (Å²) in [6.45, 7) is 1.30. The predicted octanol–water partition coefficient (Wildman–Crippen LogP) is 1.35. The molecule has 69 valence electrons. The van der Waals surface area contributed by atoms with Crippen molar-refractivity contribution in [2.24, 2.45) is 5.92 Å². The minimum atomic E-state index is -0.648. The predicted molar refractivity (Wildman–Crippen MR) is 42.1 cm³/mol. The molecule has 1 saturated heterocycles. The van der Waals surface area contributed by atoms with Crippen molar-refractivity contribution in [1.29, 1.82) is 0 Å². The van der Waals surface area contributed by atoms with Crippen LogP contribution in [-0.2, 0) is 14.6 Å². The fraction of sp³-hybridized carbons (Fsp3) is 1.00. The van der Waals surface area contributed by atoms with Crippen LogP contribution >= 0.6 is 0 Å². The largest absolute Gasteiger partial charge is 0.350 e. The molecule has 1 saturated carbocycles. The Bertz CT molecular complexity index is 145. The van der Waals surface area contributed by atoms with Gasteiger partial charge in [0.25, 0.3) is 0 Å². The zero-order valence-electron chi connectivity index (χ0n) is 7.20. The Morgan fingerprint density at radius 2 is 2.17 bits per heavy atom. The van der Waals surface area contributed by atoms with E-state index in [0.29, 0.717) is 18.9 Å². The summed E-state index contributed by atoms with van der Waals surface area (Å²) in [5, 5.41) is 11.1. The van der Waals surface area contributed by atoms with Crippen molar-refractivity contribution in [3.05, 3.63) is 0 Å². The number of hydrogen-bond acceptors (Lipinski definition) is 2. The minimum absolute atomic E-state index is 0.453. The maximum absolute atomic E-state index is 11.1. The molecule has 1 heterocycles. The highest BCUT2D eigenvalue weighted by atomic mass is 16.7. The van der Waals surface area contributed by atoms with E-state index >= 15 is 0 Å². The third-order valence-corrected chi connectivity index (χ3v) is 2.71. The van der Waals surface area contributed by atoms with Gasteiger partial charge in [-0.25, -0.2) is 5.11 Å².